The number of nitrogen functional groups attached to an aromatic ring is 1. The Balaban J connectivity index is 1.52. The van der Waals surface area contributed by atoms with Crippen LogP contribution in [0.15, 0.2) is 42.7 Å². The van der Waals surface area contributed by atoms with Gasteiger partial charge < -0.3 is 20.3 Å². The lowest BCUT2D eigenvalue weighted by atomic mass is 10.0. The van der Waals surface area contributed by atoms with E-state index in [1.54, 1.807) is 24.5 Å². The van der Waals surface area contributed by atoms with Gasteiger partial charge in [0, 0.05) is 47.8 Å². The number of methoxy groups -OCH3 is 1. The molecule has 0 bridgehead atoms. The quantitative estimate of drug-likeness (QED) is 0.412. The van der Waals surface area contributed by atoms with E-state index in [1.165, 1.54) is 6.33 Å². The van der Waals surface area contributed by atoms with Crippen molar-refractivity contribution in [2.75, 3.05) is 46.6 Å². The van der Waals surface area contributed by atoms with Crippen LogP contribution in [-0.2, 0) is 4.79 Å². The van der Waals surface area contributed by atoms with E-state index in [1.807, 2.05) is 34.5 Å². The number of aryl methyl sites for hydroxylation is 1. The second-order valence-corrected chi connectivity index (χ2v) is 10.4. The number of likely N-dealkylation sites (N-methyl/N-ethyl adjacent to an activating group) is 1. The summed E-state index contributed by atoms with van der Waals surface area (Å²) < 4.78 is 8.65. The Morgan fingerprint density at radius 1 is 1.31 bits per heavy atom. The summed E-state index contributed by atoms with van der Waals surface area (Å²) in [4.78, 5) is 22.0. The van der Waals surface area contributed by atoms with Crippen LogP contribution in [0.2, 0.25) is 0 Å². The van der Waals surface area contributed by atoms with Gasteiger partial charge in [-0.2, -0.15) is 5.10 Å². The van der Waals surface area contributed by atoms with Gasteiger partial charge in [0.15, 0.2) is 5.82 Å². The Morgan fingerprint density at radius 2 is 2.14 bits per heavy atom. The molecule has 0 saturated carbocycles. The summed E-state index contributed by atoms with van der Waals surface area (Å²) in [7, 11) is 5.67. The summed E-state index contributed by atoms with van der Waals surface area (Å²) in [5.41, 5.74) is 10.4. The van der Waals surface area contributed by atoms with Gasteiger partial charge in [0.05, 0.1) is 11.8 Å². The molecule has 1 fully saturated rings. The number of hydrogen-bond acceptors (Lipinski definition) is 7. The molecule has 0 unspecified atom stereocenters. The van der Waals surface area contributed by atoms with E-state index in [-0.39, 0.29) is 11.8 Å². The normalized spacial score (nSPS) is 16.4. The number of nitrogens with two attached hydrogens (primary N) is 1. The van der Waals surface area contributed by atoms with Crippen molar-refractivity contribution in [3.8, 4) is 16.2 Å². The third kappa shape index (κ3) is 4.37. The van der Waals surface area contributed by atoms with E-state index < -0.39 is 0 Å². The van der Waals surface area contributed by atoms with Crippen LogP contribution in [-0.4, -0.2) is 71.1 Å². The first kappa shape index (κ1) is 23.3. The number of rotatable bonds is 6. The lowest BCUT2D eigenvalue weighted by molar-refractivity contribution is -0.125. The number of carbonyl (C=O) groups excluding carboxylic acids is 1. The van der Waals surface area contributed by atoms with Crippen LogP contribution in [0.3, 0.4) is 0 Å². The number of carbonyl (C=O) groups is 1. The molecule has 9 heteroatoms. The van der Waals surface area contributed by atoms with E-state index in [0.717, 1.165) is 62.6 Å². The SMILES string of the molecule is COc1cc(C)cc2cc(-c3cc([C@@H]4CCN(C(=O)/C=C/CN(C)C)C4)n4ncnc(N)c34)sc12. The average Bonchev–Trinajstić information content (AvgIpc) is 3.54. The summed E-state index contributed by atoms with van der Waals surface area (Å²) >= 11 is 1.68. The van der Waals surface area contributed by atoms with Crippen LogP contribution in [0.5, 0.6) is 5.75 Å². The molecule has 0 radical (unpaired) electrons. The first-order chi connectivity index (χ1) is 16.9. The fourth-order valence-electron chi connectivity index (χ4n) is 4.79. The molecule has 4 aromatic rings. The van der Waals surface area contributed by atoms with Crippen molar-refractivity contribution in [1.82, 2.24) is 24.4 Å². The van der Waals surface area contributed by atoms with E-state index in [0.29, 0.717) is 12.4 Å². The molecule has 2 N–H and O–H groups in total. The largest absolute Gasteiger partial charge is 0.495 e. The van der Waals surface area contributed by atoms with Gasteiger partial charge in [0.2, 0.25) is 5.91 Å². The summed E-state index contributed by atoms with van der Waals surface area (Å²) in [5.74, 6) is 1.54. The Labute approximate surface area is 208 Å². The van der Waals surface area contributed by atoms with Crippen molar-refractivity contribution < 1.29 is 9.53 Å². The van der Waals surface area contributed by atoms with E-state index >= 15 is 0 Å². The van der Waals surface area contributed by atoms with Crippen molar-refractivity contribution in [2.24, 2.45) is 0 Å². The van der Waals surface area contributed by atoms with Crippen molar-refractivity contribution in [3.05, 3.63) is 54.0 Å². The Kier molecular flexibility index (Phi) is 6.21. The highest BCUT2D eigenvalue weighted by molar-refractivity contribution is 7.22. The van der Waals surface area contributed by atoms with Crippen LogP contribution >= 0.6 is 11.3 Å². The molecule has 1 aliphatic rings. The zero-order valence-electron chi connectivity index (χ0n) is 20.5. The van der Waals surface area contributed by atoms with Crippen LogP contribution in [0.1, 0.15) is 23.6 Å². The highest BCUT2D eigenvalue weighted by Crippen LogP contribution is 2.43. The standard InChI is InChI=1S/C26H30N6O2S/c1-16-10-18-12-22(35-25(18)21(11-16)34-4)19-13-20(32-24(19)26(27)28-15-29-32)17-7-9-31(14-17)23(33)6-5-8-30(2)3/h5-6,10-13,15,17H,7-9,14H2,1-4H3,(H2,27,28,29)/b6-5+/t17-/m1/s1. The van der Waals surface area contributed by atoms with E-state index in [4.69, 9.17) is 10.5 Å². The van der Waals surface area contributed by atoms with Gasteiger partial charge >= 0.3 is 0 Å². The molecule has 8 nitrogen and oxygen atoms in total. The number of ether oxygens (including phenoxy) is 1. The molecular formula is C26H30N6O2S. The highest BCUT2D eigenvalue weighted by Gasteiger charge is 2.30. The van der Waals surface area contributed by atoms with Gasteiger partial charge in [-0.25, -0.2) is 9.50 Å². The van der Waals surface area contributed by atoms with Crippen molar-refractivity contribution >= 4 is 38.7 Å². The van der Waals surface area contributed by atoms with E-state index in [2.05, 4.69) is 41.3 Å². The lowest BCUT2D eigenvalue weighted by Crippen LogP contribution is -2.27. The molecule has 0 aliphatic carbocycles. The van der Waals surface area contributed by atoms with Crippen LogP contribution in [0.4, 0.5) is 5.82 Å². The van der Waals surface area contributed by atoms with Gasteiger partial charge in [0.25, 0.3) is 0 Å². The summed E-state index contributed by atoms with van der Waals surface area (Å²) in [6.07, 6.45) is 5.96. The molecule has 1 aromatic carbocycles. The first-order valence-corrected chi connectivity index (χ1v) is 12.5. The number of hydrogen-bond donors (Lipinski definition) is 1. The smallest absolute Gasteiger partial charge is 0.246 e. The number of anilines is 1. The molecule has 1 saturated heterocycles. The third-order valence-electron chi connectivity index (χ3n) is 6.47. The topological polar surface area (TPSA) is 89.0 Å². The fourth-order valence-corrected chi connectivity index (χ4v) is 5.94. The first-order valence-electron chi connectivity index (χ1n) is 11.7. The van der Waals surface area contributed by atoms with Crippen molar-refractivity contribution in [2.45, 2.75) is 19.3 Å². The maximum absolute atomic E-state index is 12.7. The number of fused-ring (bicyclic) bond motifs is 2. The average molecular weight is 491 g/mol. The predicted octanol–water partition coefficient (Wildman–Crippen LogP) is 3.94. The Bertz CT molecular complexity index is 1440. The molecular weight excluding hydrogens is 460 g/mol. The molecule has 182 valence electrons. The minimum Gasteiger partial charge on any atom is -0.495 e. The zero-order valence-corrected chi connectivity index (χ0v) is 21.3. The van der Waals surface area contributed by atoms with Gasteiger partial charge in [0.1, 0.15) is 17.6 Å². The molecule has 1 amide bonds. The minimum atomic E-state index is 0.0524. The predicted molar refractivity (Wildman–Crippen MR) is 141 cm³/mol. The van der Waals surface area contributed by atoms with Crippen LogP contribution in [0.25, 0.3) is 26.0 Å². The number of benzene rings is 1. The van der Waals surface area contributed by atoms with Gasteiger partial charge in [-0.15, -0.1) is 11.3 Å². The van der Waals surface area contributed by atoms with E-state index in [9.17, 15) is 4.79 Å². The van der Waals surface area contributed by atoms with Gasteiger partial charge in [-0.05, 0) is 56.6 Å². The maximum atomic E-state index is 12.7. The summed E-state index contributed by atoms with van der Waals surface area (Å²) in [5, 5.41) is 5.70. The molecule has 0 spiro atoms. The molecule has 1 atom stereocenters. The number of nitrogens with zero attached hydrogens (tertiary/aromatic N) is 5. The Hall–Kier alpha value is -3.43. The monoisotopic (exact) mass is 490 g/mol. The number of amides is 1. The molecule has 1 aliphatic heterocycles. The van der Waals surface area contributed by atoms with Gasteiger partial charge in [-0.1, -0.05) is 12.1 Å². The highest BCUT2D eigenvalue weighted by atomic mass is 32.1. The van der Waals surface area contributed by atoms with Crippen molar-refractivity contribution in [1.29, 1.82) is 0 Å². The molecule has 5 rings (SSSR count). The number of aromatic nitrogens is 3. The van der Waals surface area contributed by atoms with Gasteiger partial charge in [-0.3, -0.25) is 4.79 Å². The third-order valence-corrected chi connectivity index (χ3v) is 7.67. The van der Waals surface area contributed by atoms with Crippen LogP contribution in [0, 0.1) is 6.92 Å². The summed E-state index contributed by atoms with van der Waals surface area (Å²) in [6.45, 7) is 4.18. The van der Waals surface area contributed by atoms with Crippen molar-refractivity contribution in [3.63, 3.8) is 0 Å². The summed E-state index contributed by atoms with van der Waals surface area (Å²) in [6, 6.07) is 8.58. The second-order valence-electron chi connectivity index (χ2n) is 9.32. The fraction of sp³-hybridized carbons (Fsp3) is 0.346. The molecule has 35 heavy (non-hydrogen) atoms. The number of likely N-dealkylation sites (tertiary alicyclic amines) is 1. The second kappa shape index (κ2) is 9.31. The Morgan fingerprint density at radius 3 is 2.91 bits per heavy atom. The van der Waals surface area contributed by atoms with Crippen LogP contribution < -0.4 is 10.5 Å². The lowest BCUT2D eigenvalue weighted by Gasteiger charge is -2.14. The zero-order chi connectivity index (χ0) is 24.7. The number of thiophene rings is 1. The molecule has 4 heterocycles. The molecule has 3 aromatic heterocycles. The minimum absolute atomic E-state index is 0.0524. The maximum Gasteiger partial charge on any atom is 0.246 e.